The lowest BCUT2D eigenvalue weighted by Gasteiger charge is -2.08. The van der Waals surface area contributed by atoms with Gasteiger partial charge < -0.3 is 15.4 Å². The van der Waals surface area contributed by atoms with Crippen LogP contribution in [0.25, 0.3) is 5.69 Å². The van der Waals surface area contributed by atoms with Gasteiger partial charge in [0.2, 0.25) is 5.91 Å². The highest BCUT2D eigenvalue weighted by atomic mass is 16.5. The van der Waals surface area contributed by atoms with E-state index in [4.69, 9.17) is 4.74 Å². The number of aryl methyl sites for hydroxylation is 1. The van der Waals surface area contributed by atoms with Gasteiger partial charge in [-0.25, -0.2) is 4.68 Å². The monoisotopic (exact) mass is 406 g/mol. The molecule has 0 spiro atoms. The topological polar surface area (TPSA) is 85.3 Å². The highest BCUT2D eigenvalue weighted by molar-refractivity contribution is 5.95. The molecule has 0 aliphatic carbocycles. The molecule has 2 amide bonds. The Hall–Kier alpha value is -3.61. The fourth-order valence-corrected chi connectivity index (χ4v) is 3.34. The quantitative estimate of drug-likeness (QED) is 0.630. The summed E-state index contributed by atoms with van der Waals surface area (Å²) in [5.41, 5.74) is 5.09. The molecule has 0 bridgehead atoms. The van der Waals surface area contributed by atoms with Crippen LogP contribution in [0.15, 0.2) is 48.5 Å². The number of anilines is 1. The third kappa shape index (κ3) is 4.68. The Labute approximate surface area is 176 Å². The Morgan fingerprint density at radius 2 is 1.83 bits per heavy atom. The molecule has 30 heavy (non-hydrogen) atoms. The summed E-state index contributed by atoms with van der Waals surface area (Å²) in [5, 5.41) is 10.1. The molecule has 7 nitrogen and oxygen atoms in total. The zero-order chi connectivity index (χ0) is 21.7. The lowest BCUT2D eigenvalue weighted by molar-refractivity contribution is -0.116. The highest BCUT2D eigenvalue weighted by Gasteiger charge is 2.15. The molecule has 0 aliphatic heterocycles. The number of nitrogens with one attached hydrogen (secondary N) is 2. The number of methoxy groups -OCH3 is 1. The maximum absolute atomic E-state index is 12.4. The summed E-state index contributed by atoms with van der Waals surface area (Å²) in [6.45, 7) is 3.96. The predicted octanol–water partition coefficient (Wildman–Crippen LogP) is 3.43. The van der Waals surface area contributed by atoms with Crippen LogP contribution in [0.4, 0.5) is 5.69 Å². The Bertz CT molecular complexity index is 1050. The SMILES string of the molecule is CNC(=O)c1ccc(NC(=O)CCc2c(C)nn(-c3cccc(OC)c3)c2C)cc1. The third-order valence-corrected chi connectivity index (χ3v) is 5.00. The van der Waals surface area contributed by atoms with Crippen molar-refractivity contribution in [1.82, 2.24) is 15.1 Å². The summed E-state index contributed by atoms with van der Waals surface area (Å²) in [5.74, 6) is 0.519. The van der Waals surface area contributed by atoms with Crippen molar-refractivity contribution < 1.29 is 14.3 Å². The number of amides is 2. The van der Waals surface area contributed by atoms with Crippen LogP contribution in [0, 0.1) is 13.8 Å². The van der Waals surface area contributed by atoms with Crippen LogP contribution in [0.3, 0.4) is 0 Å². The lowest BCUT2D eigenvalue weighted by atomic mass is 10.1. The Kier molecular flexibility index (Phi) is 6.51. The molecule has 3 rings (SSSR count). The van der Waals surface area contributed by atoms with Crippen molar-refractivity contribution >= 4 is 17.5 Å². The van der Waals surface area contributed by atoms with E-state index in [9.17, 15) is 9.59 Å². The Morgan fingerprint density at radius 3 is 2.50 bits per heavy atom. The normalized spacial score (nSPS) is 10.5. The van der Waals surface area contributed by atoms with Crippen LogP contribution in [-0.2, 0) is 11.2 Å². The third-order valence-electron chi connectivity index (χ3n) is 5.00. The summed E-state index contributed by atoms with van der Waals surface area (Å²) < 4.78 is 7.18. The van der Waals surface area contributed by atoms with E-state index < -0.39 is 0 Å². The van der Waals surface area contributed by atoms with E-state index in [1.807, 2.05) is 42.8 Å². The number of hydrogen-bond acceptors (Lipinski definition) is 4. The number of benzene rings is 2. The Balaban J connectivity index is 1.66. The molecule has 1 heterocycles. The number of ether oxygens (including phenoxy) is 1. The first kappa shape index (κ1) is 21.1. The van der Waals surface area contributed by atoms with Crippen molar-refractivity contribution in [2.75, 3.05) is 19.5 Å². The van der Waals surface area contributed by atoms with Gasteiger partial charge in [0.1, 0.15) is 5.75 Å². The second kappa shape index (κ2) is 9.26. The molecule has 0 atom stereocenters. The van der Waals surface area contributed by atoms with Gasteiger partial charge in [0.25, 0.3) is 5.91 Å². The van der Waals surface area contributed by atoms with E-state index in [-0.39, 0.29) is 11.8 Å². The van der Waals surface area contributed by atoms with Crippen molar-refractivity contribution in [2.24, 2.45) is 0 Å². The molecule has 7 heteroatoms. The standard InChI is InChI=1S/C23H26N4O3/c1-15-21(16(2)27(26-15)19-6-5-7-20(14-19)30-4)12-13-22(28)25-18-10-8-17(9-11-18)23(29)24-3/h5-11,14H,12-13H2,1-4H3,(H,24,29)(H,25,28). The zero-order valence-corrected chi connectivity index (χ0v) is 17.7. The van der Waals surface area contributed by atoms with Crippen molar-refractivity contribution in [3.63, 3.8) is 0 Å². The second-order valence-electron chi connectivity index (χ2n) is 6.97. The van der Waals surface area contributed by atoms with E-state index in [1.54, 1.807) is 38.4 Å². The van der Waals surface area contributed by atoms with Gasteiger partial charge in [-0.2, -0.15) is 5.10 Å². The van der Waals surface area contributed by atoms with Crippen molar-refractivity contribution in [3.8, 4) is 11.4 Å². The van der Waals surface area contributed by atoms with Gasteiger partial charge >= 0.3 is 0 Å². The van der Waals surface area contributed by atoms with E-state index in [1.165, 1.54) is 0 Å². The van der Waals surface area contributed by atoms with Crippen molar-refractivity contribution in [1.29, 1.82) is 0 Å². The summed E-state index contributed by atoms with van der Waals surface area (Å²) in [4.78, 5) is 24.0. The smallest absolute Gasteiger partial charge is 0.251 e. The summed E-state index contributed by atoms with van der Waals surface area (Å²) in [7, 11) is 3.22. The molecule has 156 valence electrons. The number of nitrogens with zero attached hydrogens (tertiary/aromatic N) is 2. The Morgan fingerprint density at radius 1 is 1.10 bits per heavy atom. The first-order valence-electron chi connectivity index (χ1n) is 9.74. The number of aromatic nitrogens is 2. The van der Waals surface area contributed by atoms with Gasteiger partial charge in [0.05, 0.1) is 18.5 Å². The lowest BCUT2D eigenvalue weighted by Crippen LogP contribution is -2.18. The van der Waals surface area contributed by atoms with E-state index in [0.717, 1.165) is 28.4 Å². The first-order valence-corrected chi connectivity index (χ1v) is 9.74. The van der Waals surface area contributed by atoms with Gasteiger partial charge in [0.15, 0.2) is 0 Å². The fourth-order valence-electron chi connectivity index (χ4n) is 3.34. The molecule has 0 radical (unpaired) electrons. The molecular weight excluding hydrogens is 380 g/mol. The largest absolute Gasteiger partial charge is 0.497 e. The summed E-state index contributed by atoms with van der Waals surface area (Å²) >= 11 is 0. The van der Waals surface area contributed by atoms with E-state index in [2.05, 4.69) is 15.7 Å². The number of carbonyl (C=O) groups is 2. The van der Waals surface area contributed by atoms with E-state index >= 15 is 0 Å². The average Bonchev–Trinajstić information content (AvgIpc) is 3.05. The zero-order valence-electron chi connectivity index (χ0n) is 17.7. The maximum Gasteiger partial charge on any atom is 0.251 e. The minimum atomic E-state index is -0.160. The molecule has 2 aromatic carbocycles. The molecule has 1 aromatic heterocycles. The van der Waals surface area contributed by atoms with Crippen LogP contribution in [-0.4, -0.2) is 35.8 Å². The molecule has 0 unspecified atom stereocenters. The van der Waals surface area contributed by atoms with Crippen LogP contribution in [0.2, 0.25) is 0 Å². The summed E-state index contributed by atoms with van der Waals surface area (Å²) in [6, 6.07) is 14.5. The first-order chi connectivity index (χ1) is 14.4. The second-order valence-corrected chi connectivity index (χ2v) is 6.97. The van der Waals surface area contributed by atoms with Gasteiger partial charge in [-0.3, -0.25) is 9.59 Å². The highest BCUT2D eigenvalue weighted by Crippen LogP contribution is 2.22. The minimum Gasteiger partial charge on any atom is -0.497 e. The molecular formula is C23H26N4O3. The molecule has 0 saturated heterocycles. The van der Waals surface area contributed by atoms with Crippen LogP contribution in [0.5, 0.6) is 5.75 Å². The molecule has 0 aliphatic rings. The molecule has 0 fully saturated rings. The van der Waals surface area contributed by atoms with E-state index in [0.29, 0.717) is 24.1 Å². The molecule has 2 N–H and O–H groups in total. The number of rotatable bonds is 7. The maximum atomic E-state index is 12.4. The van der Waals surface area contributed by atoms with Crippen LogP contribution < -0.4 is 15.4 Å². The number of hydrogen-bond donors (Lipinski definition) is 2. The van der Waals surface area contributed by atoms with Crippen molar-refractivity contribution in [3.05, 3.63) is 71.0 Å². The van der Waals surface area contributed by atoms with Gasteiger partial charge in [0, 0.05) is 36.5 Å². The van der Waals surface area contributed by atoms with Crippen molar-refractivity contribution in [2.45, 2.75) is 26.7 Å². The molecule has 0 saturated carbocycles. The van der Waals surface area contributed by atoms with Crippen LogP contribution in [0.1, 0.15) is 33.7 Å². The van der Waals surface area contributed by atoms with Crippen LogP contribution >= 0.6 is 0 Å². The summed E-state index contributed by atoms with van der Waals surface area (Å²) in [6.07, 6.45) is 0.923. The number of carbonyl (C=O) groups excluding carboxylic acids is 2. The van der Waals surface area contributed by atoms with Gasteiger partial charge in [-0.15, -0.1) is 0 Å². The van der Waals surface area contributed by atoms with Gasteiger partial charge in [-0.1, -0.05) is 6.07 Å². The minimum absolute atomic E-state index is 0.0874. The predicted molar refractivity (Wildman–Crippen MR) is 116 cm³/mol. The fraction of sp³-hybridized carbons (Fsp3) is 0.261. The average molecular weight is 406 g/mol. The van der Waals surface area contributed by atoms with Gasteiger partial charge in [-0.05, 0) is 62.2 Å². The molecule has 3 aromatic rings.